The Morgan fingerprint density at radius 2 is 2.32 bits per heavy atom. The molecule has 0 amide bonds. The molecule has 0 fully saturated rings. The second-order valence-corrected chi connectivity index (χ2v) is 3.90. The molecule has 0 unspecified atom stereocenters. The van der Waals surface area contributed by atoms with Crippen LogP contribution >= 0.6 is 0 Å². The average Bonchev–Trinajstić information content (AvgIpc) is 2.81. The van der Waals surface area contributed by atoms with E-state index in [1.165, 1.54) is 12.1 Å². The summed E-state index contributed by atoms with van der Waals surface area (Å²) in [6, 6.07) is 8.06. The standard InChI is InChI=1S/C12H11N5O2/c1-16-11(4-5-15-16)8-14-10-2-3-12(17(18)19)9(6-10)7-13/h2-6,14H,8H2,1H3. The van der Waals surface area contributed by atoms with Gasteiger partial charge in [0.2, 0.25) is 0 Å². The van der Waals surface area contributed by atoms with E-state index in [1.807, 2.05) is 19.2 Å². The van der Waals surface area contributed by atoms with Crippen LogP contribution < -0.4 is 5.32 Å². The van der Waals surface area contributed by atoms with E-state index in [9.17, 15) is 10.1 Å². The van der Waals surface area contributed by atoms with Gasteiger partial charge in [-0.2, -0.15) is 10.4 Å². The fraction of sp³-hybridized carbons (Fsp3) is 0.167. The van der Waals surface area contributed by atoms with E-state index in [2.05, 4.69) is 10.4 Å². The minimum absolute atomic E-state index is 0.0417. The summed E-state index contributed by atoms with van der Waals surface area (Å²) < 4.78 is 1.73. The van der Waals surface area contributed by atoms with Crippen LogP contribution in [0.4, 0.5) is 11.4 Å². The van der Waals surface area contributed by atoms with Gasteiger partial charge in [0, 0.05) is 25.0 Å². The van der Waals surface area contributed by atoms with Crippen LogP contribution in [0.25, 0.3) is 0 Å². The van der Waals surface area contributed by atoms with E-state index < -0.39 is 4.92 Å². The SMILES string of the molecule is Cn1nccc1CNc1ccc([N+](=O)[O-])c(C#N)c1. The van der Waals surface area contributed by atoms with Crippen molar-refractivity contribution in [2.75, 3.05) is 5.32 Å². The number of benzene rings is 1. The maximum absolute atomic E-state index is 10.7. The quantitative estimate of drug-likeness (QED) is 0.665. The second kappa shape index (κ2) is 5.18. The molecule has 0 spiro atoms. The fourth-order valence-electron chi connectivity index (χ4n) is 1.66. The Hall–Kier alpha value is -2.88. The number of hydrogen-bond acceptors (Lipinski definition) is 5. The van der Waals surface area contributed by atoms with E-state index in [0.29, 0.717) is 12.2 Å². The molecule has 96 valence electrons. The highest BCUT2D eigenvalue weighted by Gasteiger charge is 2.13. The number of nitro groups is 1. The highest BCUT2D eigenvalue weighted by Crippen LogP contribution is 2.22. The van der Waals surface area contributed by atoms with Crippen LogP contribution in [-0.2, 0) is 13.6 Å². The second-order valence-electron chi connectivity index (χ2n) is 3.90. The van der Waals surface area contributed by atoms with Crippen molar-refractivity contribution in [3.63, 3.8) is 0 Å². The topological polar surface area (TPSA) is 96.8 Å². The molecule has 0 bridgehead atoms. The van der Waals surface area contributed by atoms with Crippen molar-refractivity contribution >= 4 is 11.4 Å². The van der Waals surface area contributed by atoms with Crippen molar-refractivity contribution in [3.05, 3.63) is 51.8 Å². The monoisotopic (exact) mass is 257 g/mol. The van der Waals surface area contributed by atoms with Gasteiger partial charge in [0.25, 0.3) is 5.69 Å². The van der Waals surface area contributed by atoms with Crippen LogP contribution in [-0.4, -0.2) is 14.7 Å². The molecule has 1 aromatic carbocycles. The average molecular weight is 257 g/mol. The number of aromatic nitrogens is 2. The smallest absolute Gasteiger partial charge is 0.287 e. The first kappa shape index (κ1) is 12.6. The maximum Gasteiger partial charge on any atom is 0.287 e. The maximum atomic E-state index is 10.7. The predicted octanol–water partition coefficient (Wildman–Crippen LogP) is 1.81. The molecule has 0 atom stereocenters. The molecule has 0 aliphatic rings. The number of nitrogens with zero attached hydrogens (tertiary/aromatic N) is 4. The number of anilines is 1. The van der Waals surface area contributed by atoms with E-state index in [4.69, 9.17) is 5.26 Å². The van der Waals surface area contributed by atoms with Gasteiger partial charge in [0.1, 0.15) is 11.6 Å². The lowest BCUT2D eigenvalue weighted by atomic mass is 10.1. The summed E-state index contributed by atoms with van der Waals surface area (Å²) in [7, 11) is 1.83. The summed E-state index contributed by atoms with van der Waals surface area (Å²) in [6.45, 7) is 0.527. The van der Waals surface area contributed by atoms with Crippen molar-refractivity contribution < 1.29 is 4.92 Å². The van der Waals surface area contributed by atoms with Crippen molar-refractivity contribution in [2.45, 2.75) is 6.54 Å². The molecule has 1 N–H and O–H groups in total. The van der Waals surface area contributed by atoms with Gasteiger partial charge in [0.15, 0.2) is 0 Å². The molecule has 7 nitrogen and oxygen atoms in total. The molecule has 0 aliphatic carbocycles. The Labute approximate surface area is 109 Å². The van der Waals surface area contributed by atoms with Gasteiger partial charge in [-0.1, -0.05) is 0 Å². The van der Waals surface area contributed by atoms with Crippen LogP contribution in [0, 0.1) is 21.4 Å². The van der Waals surface area contributed by atoms with Crippen molar-refractivity contribution in [1.82, 2.24) is 9.78 Å². The van der Waals surface area contributed by atoms with Gasteiger partial charge in [-0.05, 0) is 18.2 Å². The Kier molecular flexibility index (Phi) is 3.43. The van der Waals surface area contributed by atoms with Crippen molar-refractivity contribution in [2.24, 2.45) is 7.05 Å². The van der Waals surface area contributed by atoms with Gasteiger partial charge in [0.05, 0.1) is 17.2 Å². The Balaban J connectivity index is 2.16. The van der Waals surface area contributed by atoms with Crippen LogP contribution in [0.3, 0.4) is 0 Å². The molecule has 1 aromatic heterocycles. The minimum atomic E-state index is -0.566. The summed E-state index contributed by atoms with van der Waals surface area (Å²) in [5, 5.41) is 26.7. The van der Waals surface area contributed by atoms with Crippen molar-refractivity contribution in [3.8, 4) is 6.07 Å². The zero-order chi connectivity index (χ0) is 13.8. The first-order valence-corrected chi connectivity index (χ1v) is 5.51. The zero-order valence-electron chi connectivity index (χ0n) is 10.2. The number of nitriles is 1. The first-order valence-electron chi connectivity index (χ1n) is 5.51. The van der Waals surface area contributed by atoms with Crippen molar-refractivity contribution in [1.29, 1.82) is 5.26 Å². The first-order chi connectivity index (χ1) is 9.11. The summed E-state index contributed by atoms with van der Waals surface area (Å²) >= 11 is 0. The Morgan fingerprint density at radius 1 is 1.53 bits per heavy atom. The summed E-state index contributed by atoms with van der Waals surface area (Å²) in [6.07, 6.45) is 1.69. The number of nitrogens with one attached hydrogen (secondary N) is 1. The largest absolute Gasteiger partial charge is 0.379 e. The van der Waals surface area contributed by atoms with Crippen LogP contribution in [0.5, 0.6) is 0 Å². The molecule has 7 heteroatoms. The Morgan fingerprint density at radius 3 is 2.89 bits per heavy atom. The molecular formula is C12H11N5O2. The molecule has 2 aromatic rings. The van der Waals surface area contributed by atoms with E-state index in [1.54, 1.807) is 16.9 Å². The summed E-state index contributed by atoms with van der Waals surface area (Å²) in [5.74, 6) is 0. The van der Waals surface area contributed by atoms with Gasteiger partial charge >= 0.3 is 0 Å². The number of aryl methyl sites for hydroxylation is 1. The third-order valence-electron chi connectivity index (χ3n) is 2.71. The fourth-order valence-corrected chi connectivity index (χ4v) is 1.66. The van der Waals surface area contributed by atoms with Gasteiger partial charge in [-0.25, -0.2) is 0 Å². The molecular weight excluding hydrogens is 246 g/mol. The van der Waals surface area contributed by atoms with E-state index in [-0.39, 0.29) is 11.3 Å². The minimum Gasteiger partial charge on any atom is -0.379 e. The molecule has 0 radical (unpaired) electrons. The number of nitro benzene ring substituents is 1. The molecule has 0 saturated carbocycles. The third kappa shape index (κ3) is 2.69. The van der Waals surface area contributed by atoms with Crippen LogP contribution in [0.2, 0.25) is 0 Å². The zero-order valence-corrected chi connectivity index (χ0v) is 10.2. The lowest BCUT2D eigenvalue weighted by Gasteiger charge is -2.07. The molecule has 0 saturated heterocycles. The molecule has 2 rings (SSSR count). The summed E-state index contributed by atoms with van der Waals surface area (Å²) in [4.78, 5) is 10.1. The molecule has 1 heterocycles. The molecule has 19 heavy (non-hydrogen) atoms. The van der Waals surface area contributed by atoms with Crippen LogP contribution in [0.15, 0.2) is 30.5 Å². The predicted molar refractivity (Wildman–Crippen MR) is 68.3 cm³/mol. The normalized spacial score (nSPS) is 9.89. The van der Waals surface area contributed by atoms with E-state index in [0.717, 1.165) is 5.69 Å². The summed E-state index contributed by atoms with van der Waals surface area (Å²) in [5.41, 5.74) is 1.48. The van der Waals surface area contributed by atoms with Gasteiger partial charge in [-0.15, -0.1) is 0 Å². The van der Waals surface area contributed by atoms with E-state index >= 15 is 0 Å². The van der Waals surface area contributed by atoms with Gasteiger partial charge < -0.3 is 5.32 Å². The lowest BCUT2D eigenvalue weighted by molar-refractivity contribution is -0.385. The van der Waals surface area contributed by atoms with Crippen LogP contribution in [0.1, 0.15) is 11.3 Å². The highest BCUT2D eigenvalue weighted by molar-refractivity contribution is 5.58. The third-order valence-corrected chi connectivity index (χ3v) is 2.71. The Bertz CT molecular complexity index is 656. The highest BCUT2D eigenvalue weighted by atomic mass is 16.6. The number of hydrogen-bond donors (Lipinski definition) is 1. The van der Waals surface area contributed by atoms with Gasteiger partial charge in [-0.3, -0.25) is 14.8 Å². The number of rotatable bonds is 4. The molecule has 0 aliphatic heterocycles. The lowest BCUT2D eigenvalue weighted by Crippen LogP contribution is -2.05.